The van der Waals surface area contributed by atoms with Crippen LogP contribution in [0.25, 0.3) is 22.4 Å². The molecule has 0 fully saturated rings. The van der Waals surface area contributed by atoms with Crippen LogP contribution in [0.3, 0.4) is 0 Å². The van der Waals surface area contributed by atoms with Gasteiger partial charge in [0, 0.05) is 31.2 Å². The Morgan fingerprint density at radius 3 is 2.26 bits per heavy atom. The van der Waals surface area contributed by atoms with Crippen molar-refractivity contribution < 1.29 is 26.0 Å². The lowest BCUT2D eigenvalue weighted by molar-refractivity contribution is 0.532. The third-order valence-corrected chi connectivity index (χ3v) is 7.18. The Bertz CT molecular complexity index is 1500. The predicted molar refractivity (Wildman–Crippen MR) is 118 cm³/mol. The largest absolute Gasteiger partial charge is 0.275 e. The summed E-state index contributed by atoms with van der Waals surface area (Å²) in [5.41, 5.74) is -0.156. The molecule has 0 saturated carbocycles. The Labute approximate surface area is 193 Å². The average Bonchev–Trinajstić information content (AvgIpc) is 3.16. The molecule has 4 rings (SSSR count). The van der Waals surface area contributed by atoms with E-state index in [1.54, 1.807) is 19.2 Å². The molecule has 2 heterocycles. The first-order valence-corrected chi connectivity index (χ1v) is 11.7. The molecule has 0 aliphatic rings. The highest BCUT2D eigenvalue weighted by atomic mass is 32.2. The van der Waals surface area contributed by atoms with Gasteiger partial charge in [0.1, 0.15) is 32.9 Å². The summed E-state index contributed by atoms with van der Waals surface area (Å²) in [5, 5.41) is 4.17. The maximum absolute atomic E-state index is 16.1. The van der Waals surface area contributed by atoms with Gasteiger partial charge in [0.25, 0.3) is 0 Å². The zero-order valence-electron chi connectivity index (χ0n) is 18.4. The molecule has 0 N–H and O–H groups in total. The lowest BCUT2D eigenvalue weighted by atomic mass is 9.96. The van der Waals surface area contributed by atoms with E-state index >= 15 is 8.78 Å². The SMILES string of the molecule is CC(C)c1cc(F)c(-c2nn(C)cc2-c2ccncc2)c(F)c1S(=O)(=O)c1cc(F)ccc1F. The second-order valence-corrected chi connectivity index (χ2v) is 9.85. The Hall–Kier alpha value is -3.53. The molecule has 0 spiro atoms. The fraction of sp³-hybridized carbons (Fsp3) is 0.167. The molecule has 0 unspecified atom stereocenters. The van der Waals surface area contributed by atoms with Crippen LogP contribution in [0.2, 0.25) is 0 Å². The smallest absolute Gasteiger partial charge is 0.212 e. The first-order valence-electron chi connectivity index (χ1n) is 10.2. The quantitative estimate of drug-likeness (QED) is 0.268. The fourth-order valence-electron chi connectivity index (χ4n) is 3.75. The van der Waals surface area contributed by atoms with Crippen molar-refractivity contribution in [2.45, 2.75) is 29.6 Å². The van der Waals surface area contributed by atoms with Gasteiger partial charge in [-0.25, -0.2) is 26.0 Å². The van der Waals surface area contributed by atoms with Crippen molar-refractivity contribution in [2.75, 3.05) is 0 Å². The van der Waals surface area contributed by atoms with Crippen LogP contribution in [0.4, 0.5) is 17.6 Å². The van der Waals surface area contributed by atoms with Gasteiger partial charge in [-0.2, -0.15) is 5.10 Å². The van der Waals surface area contributed by atoms with Crippen molar-refractivity contribution in [1.82, 2.24) is 14.8 Å². The molecule has 2 aromatic heterocycles. The first-order chi connectivity index (χ1) is 16.0. The molecule has 0 amide bonds. The van der Waals surface area contributed by atoms with Gasteiger partial charge in [-0.15, -0.1) is 0 Å². The number of hydrogen-bond donors (Lipinski definition) is 0. The summed E-state index contributed by atoms with van der Waals surface area (Å²) in [6, 6.07) is 5.98. The van der Waals surface area contributed by atoms with Crippen LogP contribution >= 0.6 is 0 Å². The van der Waals surface area contributed by atoms with Crippen molar-refractivity contribution in [3.63, 3.8) is 0 Å². The molecular weight excluding hydrogens is 470 g/mol. The summed E-state index contributed by atoms with van der Waals surface area (Å²) in [6.07, 6.45) is 4.51. The number of rotatable bonds is 5. The standard InChI is InChI=1S/C24H19F4N3O2S/c1-13(2)16-11-19(27)21(23-17(12-31(3)30-23)14-6-8-29-9-7-14)22(28)24(16)34(32,33)20-10-15(25)4-5-18(20)26/h4-13H,1-3H3. The Morgan fingerprint density at radius 1 is 0.941 bits per heavy atom. The number of halogens is 4. The topological polar surface area (TPSA) is 64.8 Å². The Morgan fingerprint density at radius 2 is 1.62 bits per heavy atom. The summed E-state index contributed by atoms with van der Waals surface area (Å²) in [6.45, 7) is 3.08. The normalized spacial score (nSPS) is 11.9. The van der Waals surface area contributed by atoms with Gasteiger partial charge in [0.05, 0.1) is 5.56 Å². The number of benzene rings is 2. The summed E-state index contributed by atoms with van der Waals surface area (Å²) in [5.74, 6) is -5.38. The lowest BCUT2D eigenvalue weighted by Crippen LogP contribution is -2.14. The molecule has 0 radical (unpaired) electrons. The molecule has 34 heavy (non-hydrogen) atoms. The molecule has 10 heteroatoms. The highest BCUT2D eigenvalue weighted by Crippen LogP contribution is 2.41. The lowest BCUT2D eigenvalue weighted by Gasteiger charge is -2.18. The predicted octanol–water partition coefficient (Wildman–Crippen LogP) is 5.66. The minimum absolute atomic E-state index is 0.143. The van der Waals surface area contributed by atoms with Crippen LogP contribution in [0.5, 0.6) is 0 Å². The van der Waals surface area contributed by atoms with E-state index in [1.807, 2.05) is 0 Å². The van der Waals surface area contributed by atoms with Gasteiger partial charge in [0.15, 0.2) is 5.82 Å². The molecule has 4 aromatic rings. The second-order valence-electron chi connectivity index (χ2n) is 8.00. The van der Waals surface area contributed by atoms with Crippen molar-refractivity contribution in [3.8, 4) is 22.4 Å². The number of sulfone groups is 1. The van der Waals surface area contributed by atoms with E-state index in [0.717, 1.165) is 12.1 Å². The summed E-state index contributed by atoms with van der Waals surface area (Å²) >= 11 is 0. The van der Waals surface area contributed by atoms with Gasteiger partial charge in [0.2, 0.25) is 9.84 Å². The van der Waals surface area contributed by atoms with Crippen molar-refractivity contribution >= 4 is 9.84 Å². The maximum Gasteiger partial charge on any atom is 0.212 e. The van der Waals surface area contributed by atoms with Gasteiger partial charge < -0.3 is 0 Å². The highest BCUT2D eigenvalue weighted by Gasteiger charge is 2.34. The zero-order chi connectivity index (χ0) is 24.8. The van der Waals surface area contributed by atoms with E-state index < -0.39 is 54.4 Å². The van der Waals surface area contributed by atoms with E-state index in [0.29, 0.717) is 23.3 Å². The summed E-state index contributed by atoms with van der Waals surface area (Å²) < 4.78 is 87.8. The Kier molecular flexibility index (Phi) is 6.03. The summed E-state index contributed by atoms with van der Waals surface area (Å²) in [4.78, 5) is 1.96. The number of nitrogens with zero attached hydrogens (tertiary/aromatic N) is 3. The fourth-order valence-corrected chi connectivity index (χ4v) is 5.50. The minimum atomic E-state index is -4.92. The second kappa shape index (κ2) is 8.68. The van der Waals surface area contributed by atoms with E-state index in [-0.39, 0.29) is 11.3 Å². The Balaban J connectivity index is 2.07. The molecule has 0 atom stereocenters. The summed E-state index contributed by atoms with van der Waals surface area (Å²) in [7, 11) is -3.37. The van der Waals surface area contributed by atoms with Crippen molar-refractivity contribution in [1.29, 1.82) is 0 Å². The van der Waals surface area contributed by atoms with Crippen LogP contribution in [-0.4, -0.2) is 23.2 Å². The molecular formula is C24H19F4N3O2S. The highest BCUT2D eigenvalue weighted by molar-refractivity contribution is 7.91. The van der Waals surface area contributed by atoms with E-state index in [2.05, 4.69) is 10.1 Å². The van der Waals surface area contributed by atoms with E-state index in [4.69, 9.17) is 0 Å². The van der Waals surface area contributed by atoms with Crippen molar-refractivity contribution in [2.24, 2.45) is 7.05 Å². The van der Waals surface area contributed by atoms with Crippen LogP contribution in [0.1, 0.15) is 25.3 Å². The van der Waals surface area contributed by atoms with Crippen LogP contribution < -0.4 is 0 Å². The van der Waals surface area contributed by atoms with E-state index in [1.165, 1.54) is 37.1 Å². The number of aromatic nitrogens is 3. The molecule has 176 valence electrons. The first kappa shape index (κ1) is 23.6. The molecule has 0 bridgehead atoms. The average molecular weight is 489 g/mol. The van der Waals surface area contributed by atoms with Crippen LogP contribution in [0.15, 0.2) is 64.8 Å². The van der Waals surface area contributed by atoms with Gasteiger partial charge in [-0.1, -0.05) is 13.8 Å². The van der Waals surface area contributed by atoms with Gasteiger partial charge in [-0.3, -0.25) is 9.67 Å². The van der Waals surface area contributed by atoms with E-state index in [9.17, 15) is 17.2 Å². The molecule has 0 saturated heterocycles. The third-order valence-electron chi connectivity index (χ3n) is 5.33. The van der Waals surface area contributed by atoms with Gasteiger partial charge in [-0.05, 0) is 53.4 Å². The monoisotopic (exact) mass is 489 g/mol. The van der Waals surface area contributed by atoms with Crippen LogP contribution in [0, 0.1) is 23.3 Å². The van der Waals surface area contributed by atoms with Crippen LogP contribution in [-0.2, 0) is 16.9 Å². The third kappa shape index (κ3) is 3.98. The number of hydrogen-bond acceptors (Lipinski definition) is 4. The van der Waals surface area contributed by atoms with Crippen molar-refractivity contribution in [3.05, 3.63) is 83.8 Å². The zero-order valence-corrected chi connectivity index (χ0v) is 19.2. The molecule has 2 aromatic carbocycles. The maximum atomic E-state index is 16.1. The molecule has 5 nitrogen and oxygen atoms in total. The molecule has 0 aliphatic carbocycles. The minimum Gasteiger partial charge on any atom is -0.275 e. The number of aryl methyl sites for hydroxylation is 1. The molecule has 0 aliphatic heterocycles. The number of pyridine rings is 1. The van der Waals surface area contributed by atoms with Gasteiger partial charge >= 0.3 is 0 Å².